The minimum absolute atomic E-state index is 0.0786. The largest absolute Gasteiger partial charge is 0.371 e. The molecular weight excluding hydrogens is 323 g/mol. The number of nitrogens with one attached hydrogen (secondary N) is 2. The van der Waals surface area contributed by atoms with E-state index >= 15 is 0 Å². The monoisotopic (exact) mass is 331 g/mol. The Morgan fingerprint density at radius 3 is 2.32 bits per heavy atom. The van der Waals surface area contributed by atoms with Crippen molar-refractivity contribution in [3.8, 4) is 0 Å². The van der Waals surface area contributed by atoms with Gasteiger partial charge in [0.25, 0.3) is 0 Å². The Bertz CT molecular complexity index is 619. The molecule has 2 aromatic rings. The Labute approximate surface area is 116 Å². The maximum absolute atomic E-state index is 13.6. The van der Waals surface area contributed by atoms with E-state index in [0.29, 0.717) is 5.69 Å². The number of anilines is 3. The predicted octanol–water partition coefficient (Wildman–Crippen LogP) is 4.05. The van der Waals surface area contributed by atoms with Crippen molar-refractivity contribution in [2.45, 2.75) is 0 Å². The first-order valence-corrected chi connectivity index (χ1v) is 6.06. The number of pyridine rings is 1. The highest BCUT2D eigenvalue weighted by Gasteiger charge is 2.11. The van der Waals surface area contributed by atoms with E-state index in [1.54, 1.807) is 0 Å². The smallest absolute Gasteiger partial charge is 0.169 e. The topological polar surface area (TPSA) is 37.0 Å². The van der Waals surface area contributed by atoms with Crippen LogP contribution in [-0.4, -0.2) is 12.0 Å². The minimum atomic E-state index is -0.836. The van der Waals surface area contributed by atoms with Crippen LogP contribution < -0.4 is 10.6 Å². The summed E-state index contributed by atoms with van der Waals surface area (Å²) < 4.78 is 40.1. The molecule has 0 saturated heterocycles. The molecule has 0 amide bonds. The molecule has 2 N–H and O–H groups in total. The molecule has 0 aliphatic carbocycles. The first-order valence-electron chi connectivity index (χ1n) is 5.27. The third kappa shape index (κ3) is 2.98. The highest BCUT2D eigenvalue weighted by Crippen LogP contribution is 2.25. The third-order valence-electron chi connectivity index (χ3n) is 2.35. The SMILES string of the molecule is CNc1nc(Nc2ccc(F)c(Br)c2)c(F)cc1F. The van der Waals surface area contributed by atoms with Crippen molar-refractivity contribution in [2.75, 3.05) is 17.7 Å². The summed E-state index contributed by atoms with van der Waals surface area (Å²) in [5.74, 6) is -2.29. The lowest BCUT2D eigenvalue weighted by Crippen LogP contribution is -2.03. The molecule has 7 heteroatoms. The van der Waals surface area contributed by atoms with Gasteiger partial charge in [-0.05, 0) is 34.1 Å². The molecule has 0 spiro atoms. The van der Waals surface area contributed by atoms with E-state index in [0.717, 1.165) is 6.07 Å². The van der Waals surface area contributed by atoms with Crippen LogP contribution in [-0.2, 0) is 0 Å². The van der Waals surface area contributed by atoms with Gasteiger partial charge in [-0.1, -0.05) is 0 Å². The van der Waals surface area contributed by atoms with Gasteiger partial charge in [-0.2, -0.15) is 0 Å². The summed E-state index contributed by atoms with van der Waals surface area (Å²) in [4.78, 5) is 3.76. The maximum Gasteiger partial charge on any atom is 0.169 e. The van der Waals surface area contributed by atoms with Crippen LogP contribution in [0.3, 0.4) is 0 Å². The average Bonchev–Trinajstić information content (AvgIpc) is 2.37. The highest BCUT2D eigenvalue weighted by atomic mass is 79.9. The first kappa shape index (κ1) is 13.7. The quantitative estimate of drug-likeness (QED) is 0.891. The second-order valence-corrected chi connectivity index (χ2v) is 4.51. The van der Waals surface area contributed by atoms with E-state index in [9.17, 15) is 13.2 Å². The van der Waals surface area contributed by atoms with Crippen LogP contribution in [0.5, 0.6) is 0 Å². The summed E-state index contributed by atoms with van der Waals surface area (Å²) in [6.07, 6.45) is 0. The van der Waals surface area contributed by atoms with Crippen LogP contribution in [0.2, 0.25) is 0 Å². The predicted molar refractivity (Wildman–Crippen MR) is 71.1 cm³/mol. The van der Waals surface area contributed by atoms with Crippen LogP contribution in [0.1, 0.15) is 0 Å². The zero-order chi connectivity index (χ0) is 14.0. The van der Waals surface area contributed by atoms with Crippen molar-refractivity contribution in [1.29, 1.82) is 0 Å². The number of rotatable bonds is 3. The van der Waals surface area contributed by atoms with Crippen LogP contribution >= 0.6 is 15.9 Å². The summed E-state index contributed by atoms with van der Waals surface area (Å²) in [5.41, 5.74) is 0.424. The summed E-state index contributed by atoms with van der Waals surface area (Å²) >= 11 is 3.02. The van der Waals surface area contributed by atoms with Crippen molar-refractivity contribution in [1.82, 2.24) is 4.98 Å². The van der Waals surface area contributed by atoms with Crippen LogP contribution in [0.15, 0.2) is 28.7 Å². The van der Waals surface area contributed by atoms with Crippen molar-refractivity contribution >= 4 is 33.3 Å². The fourth-order valence-corrected chi connectivity index (χ4v) is 1.82. The van der Waals surface area contributed by atoms with Gasteiger partial charge in [0.05, 0.1) is 4.47 Å². The van der Waals surface area contributed by atoms with E-state index < -0.39 is 17.5 Å². The van der Waals surface area contributed by atoms with Gasteiger partial charge in [0.2, 0.25) is 0 Å². The van der Waals surface area contributed by atoms with Crippen LogP contribution in [0.25, 0.3) is 0 Å². The lowest BCUT2D eigenvalue weighted by molar-refractivity contribution is 0.580. The Morgan fingerprint density at radius 1 is 1.00 bits per heavy atom. The van der Waals surface area contributed by atoms with Crippen molar-refractivity contribution < 1.29 is 13.2 Å². The molecule has 100 valence electrons. The van der Waals surface area contributed by atoms with Gasteiger partial charge < -0.3 is 10.6 Å². The zero-order valence-corrected chi connectivity index (χ0v) is 11.4. The fourth-order valence-electron chi connectivity index (χ4n) is 1.44. The molecule has 1 aromatic heterocycles. The van der Waals surface area contributed by atoms with Gasteiger partial charge in [-0.15, -0.1) is 0 Å². The molecule has 0 radical (unpaired) electrons. The maximum atomic E-state index is 13.6. The number of nitrogens with zero attached hydrogens (tertiary/aromatic N) is 1. The number of hydrogen-bond acceptors (Lipinski definition) is 3. The summed E-state index contributed by atoms with van der Waals surface area (Å²) in [5, 5.41) is 5.16. The summed E-state index contributed by atoms with van der Waals surface area (Å²) in [7, 11) is 1.47. The van der Waals surface area contributed by atoms with E-state index in [1.807, 2.05) is 0 Å². The number of halogens is 4. The lowest BCUT2D eigenvalue weighted by atomic mass is 10.3. The van der Waals surface area contributed by atoms with Crippen LogP contribution in [0, 0.1) is 17.5 Å². The third-order valence-corrected chi connectivity index (χ3v) is 2.96. The second kappa shape index (κ2) is 5.48. The molecule has 0 unspecified atom stereocenters. The highest BCUT2D eigenvalue weighted by molar-refractivity contribution is 9.10. The molecule has 0 bridgehead atoms. The molecule has 0 saturated carbocycles. The standard InChI is InChI=1S/C12H9BrF3N3/c1-17-11-9(15)5-10(16)12(19-11)18-6-2-3-8(14)7(13)4-6/h2-5H,1H3,(H2,17,18,19). The Hall–Kier alpha value is -1.76. The van der Waals surface area contributed by atoms with Gasteiger partial charge in [0.1, 0.15) is 5.82 Å². The van der Waals surface area contributed by atoms with E-state index in [4.69, 9.17) is 0 Å². The van der Waals surface area contributed by atoms with E-state index in [2.05, 4.69) is 31.5 Å². The second-order valence-electron chi connectivity index (χ2n) is 3.65. The van der Waals surface area contributed by atoms with Gasteiger partial charge in [-0.3, -0.25) is 0 Å². The summed E-state index contributed by atoms with van der Waals surface area (Å²) in [6, 6.07) is 4.79. The van der Waals surface area contributed by atoms with Gasteiger partial charge in [0.15, 0.2) is 23.3 Å². The molecule has 0 aliphatic rings. The molecule has 19 heavy (non-hydrogen) atoms. The van der Waals surface area contributed by atoms with Crippen molar-refractivity contribution in [2.24, 2.45) is 0 Å². The fraction of sp³-hybridized carbons (Fsp3) is 0.0833. The molecule has 0 aliphatic heterocycles. The van der Waals surface area contributed by atoms with Gasteiger partial charge >= 0.3 is 0 Å². The normalized spacial score (nSPS) is 10.4. The first-order chi connectivity index (χ1) is 9.01. The van der Waals surface area contributed by atoms with E-state index in [-0.39, 0.29) is 16.1 Å². The molecule has 0 fully saturated rings. The van der Waals surface area contributed by atoms with E-state index in [1.165, 1.54) is 25.2 Å². The van der Waals surface area contributed by atoms with Crippen LogP contribution in [0.4, 0.5) is 30.5 Å². The molecule has 1 heterocycles. The lowest BCUT2D eigenvalue weighted by Gasteiger charge is -2.10. The Morgan fingerprint density at radius 2 is 1.68 bits per heavy atom. The molecule has 0 atom stereocenters. The minimum Gasteiger partial charge on any atom is -0.371 e. The Kier molecular flexibility index (Phi) is 3.94. The average molecular weight is 332 g/mol. The number of aromatic nitrogens is 1. The number of hydrogen-bond donors (Lipinski definition) is 2. The van der Waals surface area contributed by atoms with Crippen molar-refractivity contribution in [3.05, 3.63) is 46.2 Å². The molecule has 1 aromatic carbocycles. The Balaban J connectivity index is 2.34. The van der Waals surface area contributed by atoms with Gasteiger partial charge in [-0.25, -0.2) is 18.2 Å². The number of benzene rings is 1. The summed E-state index contributed by atoms with van der Waals surface area (Å²) in [6.45, 7) is 0. The molecule has 2 rings (SSSR count). The van der Waals surface area contributed by atoms with Gasteiger partial charge in [0, 0.05) is 18.8 Å². The molecular formula is C12H9BrF3N3. The van der Waals surface area contributed by atoms with Crippen molar-refractivity contribution in [3.63, 3.8) is 0 Å². The molecule has 3 nitrogen and oxygen atoms in total. The zero-order valence-electron chi connectivity index (χ0n) is 9.77.